The number of anilines is 1. The van der Waals surface area contributed by atoms with Crippen molar-refractivity contribution in [2.45, 2.75) is 52.1 Å². The predicted octanol–water partition coefficient (Wildman–Crippen LogP) is 2.64. The van der Waals surface area contributed by atoms with Gasteiger partial charge in [0.05, 0.1) is 6.54 Å². The van der Waals surface area contributed by atoms with Crippen molar-refractivity contribution >= 4 is 11.6 Å². The summed E-state index contributed by atoms with van der Waals surface area (Å²) in [7, 11) is 0. The first-order chi connectivity index (χ1) is 14.2. The molecule has 1 N–H and O–H groups in total. The molecule has 2 aromatic rings. The fourth-order valence-corrected chi connectivity index (χ4v) is 4.49. The molecule has 1 amide bonds. The lowest BCUT2D eigenvalue weighted by Gasteiger charge is -2.32. The molecule has 0 spiro atoms. The minimum Gasteiger partial charge on any atom is -0.372 e. The third-order valence-electron chi connectivity index (χ3n) is 6.15. The highest BCUT2D eigenvalue weighted by molar-refractivity contribution is 5.94. The molecule has 0 aliphatic carbocycles. The summed E-state index contributed by atoms with van der Waals surface area (Å²) in [5, 5.41) is 12.1. The number of benzene rings is 1. The van der Waals surface area contributed by atoms with Gasteiger partial charge < -0.3 is 19.7 Å². The standard InChI is InChI=1S/C22H32N6O/c1-3-12-26(4-2)19-7-5-18(6-8-19)22(29)27-13-9-17(10-14-27)21-25-24-20-16-23-11-15-28(20)21/h5-8,17,23H,3-4,9-16H2,1-2H3. The second kappa shape index (κ2) is 8.95. The Labute approximate surface area is 173 Å². The van der Waals surface area contributed by atoms with Gasteiger partial charge in [-0.1, -0.05) is 6.92 Å². The molecule has 0 atom stereocenters. The molecular formula is C22H32N6O. The van der Waals surface area contributed by atoms with Gasteiger partial charge in [-0.05, 0) is 50.5 Å². The van der Waals surface area contributed by atoms with Crippen LogP contribution in [0.5, 0.6) is 0 Å². The zero-order valence-electron chi connectivity index (χ0n) is 17.6. The van der Waals surface area contributed by atoms with Gasteiger partial charge in [0.1, 0.15) is 11.6 Å². The van der Waals surface area contributed by atoms with Crippen molar-refractivity contribution < 1.29 is 4.79 Å². The monoisotopic (exact) mass is 396 g/mol. The van der Waals surface area contributed by atoms with E-state index in [4.69, 9.17) is 0 Å². The van der Waals surface area contributed by atoms with Gasteiger partial charge in [0.2, 0.25) is 0 Å². The SMILES string of the molecule is CCCN(CC)c1ccc(C(=O)N2CCC(c3nnc4n3CCNC4)CC2)cc1. The molecule has 2 aliphatic heterocycles. The zero-order valence-corrected chi connectivity index (χ0v) is 17.6. The van der Waals surface area contributed by atoms with Gasteiger partial charge in [0, 0.05) is 56.4 Å². The van der Waals surface area contributed by atoms with Crippen molar-refractivity contribution in [3.05, 3.63) is 41.5 Å². The van der Waals surface area contributed by atoms with E-state index in [1.807, 2.05) is 17.0 Å². The van der Waals surface area contributed by atoms with Crippen molar-refractivity contribution in [1.29, 1.82) is 0 Å². The average Bonchev–Trinajstić information content (AvgIpc) is 3.21. The number of nitrogens with zero attached hydrogens (tertiary/aromatic N) is 5. The maximum absolute atomic E-state index is 13.0. The Morgan fingerprint density at radius 3 is 2.59 bits per heavy atom. The highest BCUT2D eigenvalue weighted by atomic mass is 16.2. The number of amides is 1. The average molecular weight is 397 g/mol. The van der Waals surface area contributed by atoms with Gasteiger partial charge in [-0.15, -0.1) is 10.2 Å². The van der Waals surface area contributed by atoms with Crippen LogP contribution >= 0.6 is 0 Å². The van der Waals surface area contributed by atoms with E-state index in [1.54, 1.807) is 0 Å². The van der Waals surface area contributed by atoms with E-state index >= 15 is 0 Å². The molecule has 1 aromatic heterocycles. The Kier molecular flexibility index (Phi) is 6.13. The van der Waals surface area contributed by atoms with Crippen LogP contribution in [-0.2, 0) is 13.1 Å². The molecule has 0 saturated carbocycles. The number of hydrogen-bond acceptors (Lipinski definition) is 5. The minimum absolute atomic E-state index is 0.140. The second-order valence-corrected chi connectivity index (χ2v) is 8.00. The van der Waals surface area contributed by atoms with Crippen molar-refractivity contribution in [2.24, 2.45) is 0 Å². The number of nitrogens with one attached hydrogen (secondary N) is 1. The van der Waals surface area contributed by atoms with Crippen LogP contribution in [0.3, 0.4) is 0 Å². The first-order valence-corrected chi connectivity index (χ1v) is 11.0. The van der Waals surface area contributed by atoms with E-state index < -0.39 is 0 Å². The summed E-state index contributed by atoms with van der Waals surface area (Å²) in [6.07, 6.45) is 3.03. The van der Waals surface area contributed by atoms with Crippen LogP contribution in [-0.4, -0.2) is 58.3 Å². The Bertz CT molecular complexity index is 822. The van der Waals surface area contributed by atoms with Crippen LogP contribution in [0.15, 0.2) is 24.3 Å². The topological polar surface area (TPSA) is 66.3 Å². The molecule has 3 heterocycles. The van der Waals surface area contributed by atoms with Crippen LogP contribution in [0.2, 0.25) is 0 Å². The van der Waals surface area contributed by atoms with E-state index in [2.05, 4.69) is 51.0 Å². The number of carbonyl (C=O) groups is 1. The first-order valence-electron chi connectivity index (χ1n) is 11.0. The Balaban J connectivity index is 1.37. The number of carbonyl (C=O) groups excluding carboxylic acids is 1. The molecule has 4 rings (SSSR count). The van der Waals surface area contributed by atoms with Crippen LogP contribution < -0.4 is 10.2 Å². The van der Waals surface area contributed by atoms with Crippen LogP contribution in [0.4, 0.5) is 5.69 Å². The van der Waals surface area contributed by atoms with Crippen LogP contribution in [0, 0.1) is 0 Å². The minimum atomic E-state index is 0.140. The molecule has 0 unspecified atom stereocenters. The zero-order chi connectivity index (χ0) is 20.2. The maximum atomic E-state index is 13.0. The van der Waals surface area contributed by atoms with Crippen LogP contribution in [0.25, 0.3) is 0 Å². The van der Waals surface area contributed by atoms with E-state index in [0.29, 0.717) is 5.92 Å². The van der Waals surface area contributed by atoms with Gasteiger partial charge in [-0.3, -0.25) is 4.79 Å². The largest absolute Gasteiger partial charge is 0.372 e. The summed E-state index contributed by atoms with van der Waals surface area (Å²) in [5.41, 5.74) is 1.97. The summed E-state index contributed by atoms with van der Waals surface area (Å²) in [4.78, 5) is 17.3. The molecule has 1 aromatic carbocycles. The molecule has 156 valence electrons. The Hall–Kier alpha value is -2.41. The van der Waals surface area contributed by atoms with E-state index in [9.17, 15) is 4.79 Å². The normalized spacial score (nSPS) is 17.2. The number of rotatable bonds is 6. The van der Waals surface area contributed by atoms with Gasteiger partial charge in [0.15, 0.2) is 0 Å². The van der Waals surface area contributed by atoms with Gasteiger partial charge in [-0.2, -0.15) is 0 Å². The fraction of sp³-hybridized carbons (Fsp3) is 0.591. The molecule has 1 fully saturated rings. The summed E-state index contributed by atoms with van der Waals surface area (Å²) in [6.45, 7) is 10.7. The summed E-state index contributed by atoms with van der Waals surface area (Å²) in [5.74, 6) is 2.68. The number of fused-ring (bicyclic) bond motifs is 1. The Morgan fingerprint density at radius 1 is 1.14 bits per heavy atom. The lowest BCUT2D eigenvalue weighted by molar-refractivity contribution is 0.0710. The predicted molar refractivity (Wildman–Crippen MR) is 114 cm³/mol. The maximum Gasteiger partial charge on any atom is 0.253 e. The quantitative estimate of drug-likeness (QED) is 0.813. The number of hydrogen-bond donors (Lipinski definition) is 1. The second-order valence-electron chi connectivity index (χ2n) is 8.00. The smallest absolute Gasteiger partial charge is 0.253 e. The third-order valence-corrected chi connectivity index (χ3v) is 6.15. The molecular weight excluding hydrogens is 364 g/mol. The van der Waals surface area contributed by atoms with Crippen molar-refractivity contribution in [1.82, 2.24) is 25.0 Å². The fourth-order valence-electron chi connectivity index (χ4n) is 4.49. The molecule has 1 saturated heterocycles. The van der Waals surface area contributed by atoms with Crippen molar-refractivity contribution in [2.75, 3.05) is 37.6 Å². The van der Waals surface area contributed by atoms with Crippen molar-refractivity contribution in [3.63, 3.8) is 0 Å². The Morgan fingerprint density at radius 2 is 1.90 bits per heavy atom. The lowest BCUT2D eigenvalue weighted by Crippen LogP contribution is -2.39. The summed E-state index contributed by atoms with van der Waals surface area (Å²) < 4.78 is 2.27. The van der Waals surface area contributed by atoms with Gasteiger partial charge >= 0.3 is 0 Å². The molecule has 0 bridgehead atoms. The first kappa shape index (κ1) is 19.9. The highest BCUT2D eigenvalue weighted by Gasteiger charge is 2.29. The van der Waals surface area contributed by atoms with E-state index in [1.165, 1.54) is 5.69 Å². The molecule has 0 radical (unpaired) electrons. The van der Waals surface area contributed by atoms with Crippen LogP contribution in [0.1, 0.15) is 61.0 Å². The number of likely N-dealkylation sites (tertiary alicyclic amines) is 1. The molecule has 29 heavy (non-hydrogen) atoms. The van der Waals surface area contributed by atoms with E-state index in [0.717, 1.165) is 82.3 Å². The highest BCUT2D eigenvalue weighted by Crippen LogP contribution is 2.28. The number of piperidine rings is 1. The number of aromatic nitrogens is 3. The summed E-state index contributed by atoms with van der Waals surface area (Å²) in [6, 6.07) is 8.11. The van der Waals surface area contributed by atoms with Crippen molar-refractivity contribution in [3.8, 4) is 0 Å². The lowest BCUT2D eigenvalue weighted by atomic mass is 9.95. The molecule has 7 heteroatoms. The summed E-state index contributed by atoms with van der Waals surface area (Å²) >= 11 is 0. The molecule has 7 nitrogen and oxygen atoms in total. The third kappa shape index (κ3) is 4.15. The van der Waals surface area contributed by atoms with Gasteiger partial charge in [-0.25, -0.2) is 0 Å². The molecule has 2 aliphatic rings. The van der Waals surface area contributed by atoms with E-state index in [-0.39, 0.29) is 5.91 Å². The van der Waals surface area contributed by atoms with Gasteiger partial charge in [0.25, 0.3) is 5.91 Å².